The maximum absolute atomic E-state index is 4.53. The minimum Gasteiger partial charge on any atom is -0.285 e. The summed E-state index contributed by atoms with van der Waals surface area (Å²) in [4.78, 5) is 2.54. The van der Waals surface area contributed by atoms with Gasteiger partial charge in [-0.05, 0) is 46.4 Å². The monoisotopic (exact) mass is 359 g/mol. The molecule has 1 aromatic heterocycles. The molecule has 2 aromatic carbocycles. The normalized spacial score (nSPS) is 19.1. The first kappa shape index (κ1) is 16.6. The number of benzene rings is 2. The average molecular weight is 359 g/mol. The van der Waals surface area contributed by atoms with Crippen molar-refractivity contribution < 1.29 is 0 Å². The Morgan fingerprint density at radius 2 is 1.63 bits per heavy atom. The molecule has 0 unspecified atom stereocenters. The van der Waals surface area contributed by atoms with Crippen LogP contribution < -0.4 is 0 Å². The molecule has 1 aliphatic carbocycles. The van der Waals surface area contributed by atoms with Crippen LogP contribution in [0.5, 0.6) is 0 Å². The van der Waals surface area contributed by atoms with Gasteiger partial charge in [0.05, 0.1) is 12.1 Å². The molecule has 0 radical (unpaired) electrons. The van der Waals surface area contributed by atoms with Gasteiger partial charge in [-0.2, -0.15) is 0 Å². The number of aromatic nitrogens is 4. The highest BCUT2D eigenvalue weighted by atomic mass is 15.6. The molecule has 5 heteroatoms. The fraction of sp³-hybridized carbons (Fsp3) is 0.409. The second-order valence-corrected chi connectivity index (χ2v) is 7.72. The molecule has 138 valence electrons. The molecule has 27 heavy (non-hydrogen) atoms. The molecule has 2 aliphatic rings. The van der Waals surface area contributed by atoms with Gasteiger partial charge in [-0.1, -0.05) is 67.4 Å². The van der Waals surface area contributed by atoms with Gasteiger partial charge in [0.1, 0.15) is 0 Å². The van der Waals surface area contributed by atoms with E-state index < -0.39 is 0 Å². The number of fused-ring (bicyclic) bond motifs is 1. The van der Waals surface area contributed by atoms with Gasteiger partial charge < -0.3 is 0 Å². The molecule has 0 bridgehead atoms. The van der Waals surface area contributed by atoms with E-state index in [1.54, 1.807) is 0 Å². The van der Waals surface area contributed by atoms with Gasteiger partial charge in [-0.3, -0.25) is 4.90 Å². The van der Waals surface area contributed by atoms with E-state index in [1.807, 2.05) is 0 Å². The number of tetrazole rings is 1. The Morgan fingerprint density at radius 3 is 2.44 bits per heavy atom. The molecule has 0 saturated heterocycles. The molecule has 0 spiro atoms. The fourth-order valence-electron chi connectivity index (χ4n) is 4.69. The van der Waals surface area contributed by atoms with Crippen LogP contribution in [0.25, 0.3) is 0 Å². The van der Waals surface area contributed by atoms with Gasteiger partial charge in [0.2, 0.25) is 0 Å². The number of rotatable bonds is 4. The minimum atomic E-state index is 0.0927. The summed E-state index contributed by atoms with van der Waals surface area (Å²) in [5, 5.41) is 13.0. The van der Waals surface area contributed by atoms with Crippen molar-refractivity contribution in [1.82, 2.24) is 25.1 Å². The fourth-order valence-corrected chi connectivity index (χ4v) is 4.69. The van der Waals surface area contributed by atoms with Crippen LogP contribution in [0.2, 0.25) is 0 Å². The lowest BCUT2D eigenvalue weighted by molar-refractivity contribution is 0.191. The van der Waals surface area contributed by atoms with Gasteiger partial charge in [0, 0.05) is 13.1 Å². The van der Waals surface area contributed by atoms with Crippen LogP contribution in [0.3, 0.4) is 0 Å². The quantitative estimate of drug-likeness (QED) is 0.708. The van der Waals surface area contributed by atoms with Gasteiger partial charge in [0.15, 0.2) is 5.82 Å². The van der Waals surface area contributed by atoms with E-state index in [4.69, 9.17) is 0 Å². The largest absolute Gasteiger partial charge is 0.285 e. The van der Waals surface area contributed by atoms with E-state index in [0.29, 0.717) is 6.04 Å². The van der Waals surface area contributed by atoms with Crippen molar-refractivity contribution in [3.63, 3.8) is 0 Å². The van der Waals surface area contributed by atoms with Crippen molar-refractivity contribution in [2.45, 2.75) is 50.7 Å². The summed E-state index contributed by atoms with van der Waals surface area (Å²) in [5.41, 5.74) is 4.16. The zero-order valence-electron chi connectivity index (χ0n) is 15.5. The number of hydrogen-bond acceptors (Lipinski definition) is 4. The minimum absolute atomic E-state index is 0.0927. The van der Waals surface area contributed by atoms with Crippen LogP contribution in [0, 0.1) is 0 Å². The Hall–Kier alpha value is -2.53. The zero-order valence-corrected chi connectivity index (χ0v) is 15.5. The predicted octanol–water partition coefficient (Wildman–Crippen LogP) is 3.94. The summed E-state index contributed by atoms with van der Waals surface area (Å²) in [6.45, 7) is 1.96. The van der Waals surface area contributed by atoms with Crippen molar-refractivity contribution in [2.75, 3.05) is 6.54 Å². The highest BCUT2D eigenvalue weighted by Gasteiger charge is 2.32. The van der Waals surface area contributed by atoms with E-state index in [-0.39, 0.29) is 6.04 Å². The van der Waals surface area contributed by atoms with Crippen LogP contribution in [-0.4, -0.2) is 31.7 Å². The van der Waals surface area contributed by atoms with E-state index >= 15 is 0 Å². The smallest absolute Gasteiger partial charge is 0.173 e. The molecule has 3 aromatic rings. The lowest BCUT2D eigenvalue weighted by atomic mass is 9.96. The van der Waals surface area contributed by atoms with Crippen molar-refractivity contribution >= 4 is 0 Å². The second-order valence-electron chi connectivity index (χ2n) is 7.72. The summed E-state index contributed by atoms with van der Waals surface area (Å²) < 4.78 is 2.12. The Bertz CT molecular complexity index is 898. The van der Waals surface area contributed by atoms with Crippen LogP contribution in [0.1, 0.15) is 60.3 Å². The molecule has 5 nitrogen and oxygen atoms in total. The summed E-state index contributed by atoms with van der Waals surface area (Å²) in [6.07, 6.45) is 5.99. The average Bonchev–Trinajstić information content (AvgIpc) is 3.41. The summed E-state index contributed by atoms with van der Waals surface area (Å²) in [7, 11) is 0. The molecule has 1 fully saturated rings. The van der Waals surface area contributed by atoms with Crippen LogP contribution in [0.15, 0.2) is 54.6 Å². The maximum Gasteiger partial charge on any atom is 0.173 e. The highest BCUT2D eigenvalue weighted by molar-refractivity contribution is 5.31. The van der Waals surface area contributed by atoms with Crippen LogP contribution >= 0.6 is 0 Å². The number of hydrogen-bond donors (Lipinski definition) is 0. The summed E-state index contributed by atoms with van der Waals surface area (Å²) >= 11 is 0. The molecule has 1 saturated carbocycles. The molecule has 0 amide bonds. The standard InChI is InChI=1S/C22H25N5/c1-2-9-18(10-3-1)21(22-23-24-25-27(22)20-12-6-7-13-20)26-15-14-17-8-4-5-11-19(17)16-26/h1-5,8-11,20-21H,6-7,12-16H2/t21-/m0/s1. The van der Waals surface area contributed by atoms with Crippen molar-refractivity contribution in [3.05, 3.63) is 77.1 Å². The molecule has 5 rings (SSSR count). The SMILES string of the molecule is c1ccc([C@@H](c2nnnn2C2CCCC2)N2CCc3ccccc3C2)cc1. The molecule has 1 atom stereocenters. The van der Waals surface area contributed by atoms with Gasteiger partial charge in [-0.15, -0.1) is 5.10 Å². The highest BCUT2D eigenvalue weighted by Crippen LogP contribution is 2.35. The first-order valence-electron chi connectivity index (χ1n) is 10.0. The van der Waals surface area contributed by atoms with Crippen LogP contribution in [0.4, 0.5) is 0 Å². The third kappa shape index (κ3) is 3.16. The Balaban J connectivity index is 1.54. The van der Waals surface area contributed by atoms with E-state index in [9.17, 15) is 0 Å². The summed E-state index contributed by atoms with van der Waals surface area (Å²) in [5.74, 6) is 0.993. The molecular formula is C22H25N5. The Kier molecular flexibility index (Phi) is 4.46. The van der Waals surface area contributed by atoms with Crippen molar-refractivity contribution in [3.8, 4) is 0 Å². The Labute approximate surface area is 160 Å². The predicted molar refractivity (Wildman–Crippen MR) is 104 cm³/mol. The van der Waals surface area contributed by atoms with Gasteiger partial charge in [-0.25, -0.2) is 4.68 Å². The van der Waals surface area contributed by atoms with E-state index in [0.717, 1.165) is 25.3 Å². The second kappa shape index (κ2) is 7.24. The third-order valence-corrected chi connectivity index (χ3v) is 6.07. The molecular weight excluding hydrogens is 334 g/mol. The van der Waals surface area contributed by atoms with Crippen molar-refractivity contribution in [2.24, 2.45) is 0 Å². The lowest BCUT2D eigenvalue weighted by Gasteiger charge is -2.35. The van der Waals surface area contributed by atoms with E-state index in [2.05, 4.69) is 79.7 Å². The first-order valence-corrected chi connectivity index (χ1v) is 10.0. The molecule has 1 aliphatic heterocycles. The maximum atomic E-state index is 4.53. The number of nitrogens with zero attached hydrogens (tertiary/aromatic N) is 5. The topological polar surface area (TPSA) is 46.8 Å². The molecule has 2 heterocycles. The Morgan fingerprint density at radius 1 is 0.889 bits per heavy atom. The van der Waals surface area contributed by atoms with Crippen LogP contribution in [-0.2, 0) is 13.0 Å². The molecule has 0 N–H and O–H groups in total. The third-order valence-electron chi connectivity index (χ3n) is 6.07. The lowest BCUT2D eigenvalue weighted by Crippen LogP contribution is -2.36. The van der Waals surface area contributed by atoms with E-state index in [1.165, 1.54) is 42.4 Å². The summed E-state index contributed by atoms with van der Waals surface area (Å²) in [6, 6.07) is 20.0. The van der Waals surface area contributed by atoms with Gasteiger partial charge >= 0.3 is 0 Å². The van der Waals surface area contributed by atoms with Crippen molar-refractivity contribution in [1.29, 1.82) is 0 Å². The van der Waals surface area contributed by atoms with Gasteiger partial charge in [0.25, 0.3) is 0 Å². The zero-order chi connectivity index (χ0) is 18.1. The first-order chi connectivity index (χ1) is 13.4.